The molecule has 0 aliphatic carbocycles. The van der Waals surface area contributed by atoms with Crippen molar-refractivity contribution in [3.05, 3.63) is 63.4 Å². The van der Waals surface area contributed by atoms with E-state index < -0.39 is 17.2 Å². The molecule has 100 valence electrons. The van der Waals surface area contributed by atoms with Gasteiger partial charge in [-0.1, -0.05) is 23.2 Å². The van der Waals surface area contributed by atoms with Crippen LogP contribution in [0.1, 0.15) is 18.1 Å². The molecule has 6 heteroatoms. The molecule has 1 heterocycles. The summed E-state index contributed by atoms with van der Waals surface area (Å²) in [6.07, 6.45) is 2.47. The normalized spacial score (nSPS) is 14.2. The fourth-order valence-electron chi connectivity index (χ4n) is 1.77. The molecule has 2 aromatic rings. The molecule has 2 nitrogen and oxygen atoms in total. The first kappa shape index (κ1) is 14.2. The van der Waals surface area contributed by atoms with Gasteiger partial charge in [0.15, 0.2) is 0 Å². The van der Waals surface area contributed by atoms with E-state index in [9.17, 15) is 8.78 Å². The molecule has 1 unspecified atom stereocenters. The maximum Gasteiger partial charge on any atom is 0.142 e. The first-order valence-corrected chi connectivity index (χ1v) is 6.13. The second-order valence-electron chi connectivity index (χ2n) is 4.34. The van der Waals surface area contributed by atoms with E-state index >= 15 is 0 Å². The summed E-state index contributed by atoms with van der Waals surface area (Å²) >= 11 is 11.7. The van der Waals surface area contributed by atoms with Crippen molar-refractivity contribution >= 4 is 23.2 Å². The van der Waals surface area contributed by atoms with Crippen LogP contribution in [0.4, 0.5) is 8.78 Å². The van der Waals surface area contributed by atoms with Gasteiger partial charge in [0.25, 0.3) is 0 Å². The molecule has 1 atom stereocenters. The highest BCUT2D eigenvalue weighted by molar-refractivity contribution is 6.35. The van der Waals surface area contributed by atoms with Gasteiger partial charge in [0.05, 0.1) is 16.8 Å². The minimum absolute atomic E-state index is 0.0954. The Morgan fingerprint density at radius 2 is 1.79 bits per heavy atom. The number of nitrogens with two attached hydrogens (primary N) is 1. The number of benzene rings is 1. The van der Waals surface area contributed by atoms with Crippen molar-refractivity contribution in [3.8, 4) is 0 Å². The summed E-state index contributed by atoms with van der Waals surface area (Å²) in [6, 6.07) is 3.65. The zero-order valence-corrected chi connectivity index (χ0v) is 11.4. The van der Waals surface area contributed by atoms with Crippen LogP contribution in [-0.2, 0) is 5.54 Å². The number of pyridine rings is 1. The van der Waals surface area contributed by atoms with E-state index in [2.05, 4.69) is 4.98 Å². The molecule has 0 spiro atoms. The number of aromatic nitrogens is 1. The SMILES string of the molecule is CC(N)(c1cncc(F)c1)c1cc(F)c(Cl)cc1Cl. The molecule has 0 aliphatic rings. The molecular formula is C13H10Cl2F2N2. The average Bonchev–Trinajstić information content (AvgIpc) is 2.33. The van der Waals surface area contributed by atoms with E-state index in [1.54, 1.807) is 6.92 Å². The average molecular weight is 303 g/mol. The van der Waals surface area contributed by atoms with Crippen molar-refractivity contribution in [2.45, 2.75) is 12.5 Å². The number of hydrogen-bond acceptors (Lipinski definition) is 2. The Labute approximate surface area is 119 Å². The Balaban J connectivity index is 2.59. The molecule has 1 aromatic carbocycles. The molecule has 2 N–H and O–H groups in total. The van der Waals surface area contributed by atoms with Gasteiger partial charge in [-0.05, 0) is 36.2 Å². The monoisotopic (exact) mass is 302 g/mol. The fourth-order valence-corrected chi connectivity index (χ4v) is 2.35. The molecular weight excluding hydrogens is 293 g/mol. The summed E-state index contributed by atoms with van der Waals surface area (Å²) in [5.74, 6) is -1.16. The lowest BCUT2D eigenvalue weighted by atomic mass is 9.86. The van der Waals surface area contributed by atoms with E-state index in [1.807, 2.05) is 0 Å². The van der Waals surface area contributed by atoms with Gasteiger partial charge in [0.1, 0.15) is 11.6 Å². The number of rotatable bonds is 2. The van der Waals surface area contributed by atoms with Crippen LogP contribution in [0.2, 0.25) is 10.0 Å². The largest absolute Gasteiger partial charge is 0.318 e. The molecule has 0 amide bonds. The second-order valence-corrected chi connectivity index (χ2v) is 5.15. The van der Waals surface area contributed by atoms with E-state index in [-0.39, 0.29) is 10.0 Å². The summed E-state index contributed by atoms with van der Waals surface area (Å²) < 4.78 is 26.8. The fraction of sp³-hybridized carbons (Fsp3) is 0.154. The lowest BCUT2D eigenvalue weighted by molar-refractivity contribution is 0.565. The van der Waals surface area contributed by atoms with Crippen LogP contribution >= 0.6 is 23.2 Å². The van der Waals surface area contributed by atoms with Crippen LogP contribution in [0.5, 0.6) is 0 Å². The van der Waals surface area contributed by atoms with Gasteiger partial charge in [-0.15, -0.1) is 0 Å². The van der Waals surface area contributed by atoms with Crippen LogP contribution in [0.3, 0.4) is 0 Å². The summed E-state index contributed by atoms with van der Waals surface area (Å²) in [4.78, 5) is 3.73. The standard InChI is InChI=1S/C13H10Cl2F2N2/c1-13(18,7-2-8(16)6-19-5-7)9-3-12(17)11(15)4-10(9)14/h2-6H,18H2,1H3. The molecule has 0 fully saturated rings. The van der Waals surface area contributed by atoms with Crippen LogP contribution in [0, 0.1) is 11.6 Å². The van der Waals surface area contributed by atoms with Crippen molar-refractivity contribution in [1.29, 1.82) is 0 Å². The van der Waals surface area contributed by atoms with Crippen LogP contribution < -0.4 is 5.73 Å². The highest BCUT2D eigenvalue weighted by atomic mass is 35.5. The zero-order valence-electron chi connectivity index (χ0n) is 9.92. The van der Waals surface area contributed by atoms with Gasteiger partial charge in [-0.25, -0.2) is 8.78 Å². The summed E-state index contributed by atoms with van der Waals surface area (Å²) in [5, 5.41) is 0.113. The first-order valence-electron chi connectivity index (χ1n) is 5.37. The highest BCUT2D eigenvalue weighted by Gasteiger charge is 2.28. The number of nitrogens with zero attached hydrogens (tertiary/aromatic N) is 1. The lowest BCUT2D eigenvalue weighted by Gasteiger charge is -2.26. The third kappa shape index (κ3) is 2.71. The predicted molar refractivity (Wildman–Crippen MR) is 71.3 cm³/mol. The number of halogens is 4. The Morgan fingerprint density at radius 3 is 2.42 bits per heavy atom. The maximum absolute atomic E-state index is 13.5. The molecule has 2 rings (SSSR count). The minimum atomic E-state index is -1.18. The van der Waals surface area contributed by atoms with Crippen LogP contribution in [-0.4, -0.2) is 4.98 Å². The summed E-state index contributed by atoms with van der Waals surface area (Å²) in [6.45, 7) is 1.60. The van der Waals surface area contributed by atoms with Gasteiger partial charge < -0.3 is 5.73 Å². The predicted octanol–water partition coefficient (Wildman–Crippen LogP) is 3.89. The minimum Gasteiger partial charge on any atom is -0.318 e. The zero-order chi connectivity index (χ0) is 14.2. The number of hydrogen-bond donors (Lipinski definition) is 1. The molecule has 0 radical (unpaired) electrons. The van der Waals surface area contributed by atoms with Crippen molar-refractivity contribution in [2.24, 2.45) is 5.73 Å². The van der Waals surface area contributed by atoms with E-state index in [4.69, 9.17) is 28.9 Å². The molecule has 0 saturated carbocycles. The van der Waals surface area contributed by atoms with Gasteiger partial charge in [0.2, 0.25) is 0 Å². The topological polar surface area (TPSA) is 38.9 Å². The Morgan fingerprint density at radius 1 is 1.11 bits per heavy atom. The van der Waals surface area contributed by atoms with Crippen molar-refractivity contribution in [2.75, 3.05) is 0 Å². The van der Waals surface area contributed by atoms with Gasteiger partial charge in [0, 0.05) is 11.2 Å². The van der Waals surface area contributed by atoms with Crippen molar-refractivity contribution in [1.82, 2.24) is 4.98 Å². The summed E-state index contributed by atoms with van der Waals surface area (Å²) in [5.41, 5.74) is 5.66. The third-order valence-electron chi connectivity index (χ3n) is 2.87. The van der Waals surface area contributed by atoms with Gasteiger partial charge >= 0.3 is 0 Å². The van der Waals surface area contributed by atoms with Crippen molar-refractivity contribution < 1.29 is 8.78 Å². The van der Waals surface area contributed by atoms with E-state index in [0.717, 1.165) is 12.3 Å². The highest BCUT2D eigenvalue weighted by Crippen LogP contribution is 2.34. The van der Waals surface area contributed by atoms with Gasteiger partial charge in [-0.2, -0.15) is 0 Å². The third-order valence-corrected chi connectivity index (χ3v) is 3.48. The quantitative estimate of drug-likeness (QED) is 0.855. The lowest BCUT2D eigenvalue weighted by Crippen LogP contribution is -2.35. The molecule has 0 aliphatic heterocycles. The smallest absolute Gasteiger partial charge is 0.142 e. The molecule has 19 heavy (non-hydrogen) atoms. The van der Waals surface area contributed by atoms with E-state index in [1.165, 1.54) is 18.3 Å². The first-order chi connectivity index (χ1) is 8.82. The van der Waals surface area contributed by atoms with E-state index in [0.29, 0.717) is 11.1 Å². The molecule has 0 bridgehead atoms. The van der Waals surface area contributed by atoms with Crippen LogP contribution in [0.25, 0.3) is 0 Å². The molecule has 1 aromatic heterocycles. The Kier molecular flexibility index (Phi) is 3.76. The van der Waals surface area contributed by atoms with Gasteiger partial charge in [-0.3, -0.25) is 4.98 Å². The maximum atomic E-state index is 13.5. The summed E-state index contributed by atoms with van der Waals surface area (Å²) in [7, 11) is 0. The Bertz CT molecular complexity index is 630. The molecule has 0 saturated heterocycles. The van der Waals surface area contributed by atoms with Crippen LogP contribution in [0.15, 0.2) is 30.6 Å². The Hall–Kier alpha value is -1.23. The second kappa shape index (κ2) is 5.04. The van der Waals surface area contributed by atoms with Crippen molar-refractivity contribution in [3.63, 3.8) is 0 Å².